The van der Waals surface area contributed by atoms with Gasteiger partial charge in [0.15, 0.2) is 0 Å². The van der Waals surface area contributed by atoms with Gasteiger partial charge < -0.3 is 57.8 Å². The van der Waals surface area contributed by atoms with Crippen LogP contribution >= 0.6 is 0 Å². The number of hydrogen-bond acceptors (Lipinski definition) is 11. The average Bonchev–Trinajstić information content (AvgIpc) is 3.58. The summed E-state index contributed by atoms with van der Waals surface area (Å²) in [7, 11) is -0.638. The second-order valence-corrected chi connectivity index (χ2v) is 18.8. The van der Waals surface area contributed by atoms with Gasteiger partial charge in [-0.2, -0.15) is 0 Å². The van der Waals surface area contributed by atoms with Crippen LogP contribution in [0, 0.1) is 17.3 Å². The number of nitrogens with one attached hydrogen (secondary N) is 6. The highest BCUT2D eigenvalue weighted by Crippen LogP contribution is 2.65. The van der Waals surface area contributed by atoms with Crippen LogP contribution in [0.5, 0.6) is 0 Å². The average molecular weight is 863 g/mol. The van der Waals surface area contributed by atoms with Gasteiger partial charge in [-0.1, -0.05) is 59.3 Å². The van der Waals surface area contributed by atoms with Crippen molar-refractivity contribution in [3.63, 3.8) is 0 Å². The molecule has 61 heavy (non-hydrogen) atoms. The third-order valence-electron chi connectivity index (χ3n) is 13.5. The molecular weight excluding hydrogens is 779 g/mol. The van der Waals surface area contributed by atoms with E-state index >= 15 is 0 Å². The lowest BCUT2D eigenvalue weighted by molar-refractivity contribution is -0.199. The number of aliphatic hydroxyl groups is 1. The van der Waals surface area contributed by atoms with Gasteiger partial charge in [-0.25, -0.2) is 0 Å². The van der Waals surface area contributed by atoms with E-state index < -0.39 is 72.6 Å². The van der Waals surface area contributed by atoms with E-state index in [0.717, 1.165) is 25.8 Å². The first-order chi connectivity index (χ1) is 29.0. The van der Waals surface area contributed by atoms with Gasteiger partial charge in [-0.05, 0) is 135 Å². The van der Waals surface area contributed by atoms with Crippen LogP contribution in [-0.2, 0) is 33.3 Å². The molecule has 10 unspecified atom stereocenters. The van der Waals surface area contributed by atoms with E-state index in [9.17, 15) is 29.1 Å². The molecule has 1 saturated heterocycles. The molecule has 1 heterocycles. The van der Waals surface area contributed by atoms with E-state index in [4.69, 9.17) is 20.8 Å². The van der Waals surface area contributed by atoms with Crippen molar-refractivity contribution in [2.24, 2.45) is 28.7 Å². The number of carbonyl (C=O) groups is 5. The maximum atomic E-state index is 13.7. The lowest BCUT2D eigenvalue weighted by Gasteiger charge is -2.64. The highest BCUT2D eigenvalue weighted by molar-refractivity contribution is 6.47. The number of carbonyl (C=O) groups excluding carboxylic acids is 5. The molecule has 11 N–H and O–H groups in total. The minimum absolute atomic E-state index is 0.0453. The number of unbranched alkanes of at least 4 members (excludes halogenated alkanes) is 8. The smallest absolute Gasteiger partial charge is 0.404 e. The first-order valence-corrected chi connectivity index (χ1v) is 23.6. The van der Waals surface area contributed by atoms with Crippen LogP contribution in [0.15, 0.2) is 0 Å². The Morgan fingerprint density at radius 3 is 1.90 bits per heavy atom. The van der Waals surface area contributed by atoms with Gasteiger partial charge in [-0.3, -0.25) is 24.0 Å². The summed E-state index contributed by atoms with van der Waals surface area (Å²) in [6.07, 6.45) is 13.2. The Labute approximate surface area is 366 Å². The third-order valence-corrected chi connectivity index (χ3v) is 13.5. The van der Waals surface area contributed by atoms with Crippen LogP contribution < -0.4 is 43.4 Å². The summed E-state index contributed by atoms with van der Waals surface area (Å²) in [5.74, 6) is -2.29. The standard InChI is InChI=1S/C44H83BN8O8/c1-8-9-10-11-12-13-18-25-48-26-19-22-37(55)51-33(20-14-16-23-46)41(58)53-38(30(3)54)42(59)49-29(2)39(56)52-34(21-15-17-24-47)40(57)50-31(4)45-60-36-28-32-27-35(43(32,5)6)44(36,7)61-45/h29-36,38,48,54H,8-28,46-47H2,1-7H3,(H,49,59)(H,50,57)(H,51,55)(H,52,56)(H,53,58). The van der Waals surface area contributed by atoms with Gasteiger partial charge in [0.1, 0.15) is 24.2 Å². The highest BCUT2D eigenvalue weighted by Gasteiger charge is 2.68. The Bertz CT molecular complexity index is 1390. The molecule has 0 spiro atoms. The second kappa shape index (κ2) is 26.1. The number of aliphatic hydroxyl groups excluding tert-OH is 1. The second-order valence-electron chi connectivity index (χ2n) is 18.8. The van der Waals surface area contributed by atoms with Crippen LogP contribution in [0.1, 0.15) is 158 Å². The molecular formula is C44H83BN8O8. The Balaban J connectivity index is 1.51. The summed E-state index contributed by atoms with van der Waals surface area (Å²) in [5, 5.41) is 27.7. The Hall–Kier alpha value is -2.83. The van der Waals surface area contributed by atoms with Crippen LogP contribution in [0.2, 0.25) is 0 Å². The fourth-order valence-electron chi connectivity index (χ4n) is 9.33. The summed E-state index contributed by atoms with van der Waals surface area (Å²) in [4.78, 5) is 67.1. The monoisotopic (exact) mass is 863 g/mol. The predicted octanol–water partition coefficient (Wildman–Crippen LogP) is 2.48. The molecule has 10 atom stereocenters. The summed E-state index contributed by atoms with van der Waals surface area (Å²) < 4.78 is 12.9. The van der Waals surface area contributed by atoms with Gasteiger partial charge in [0.2, 0.25) is 29.5 Å². The third kappa shape index (κ3) is 15.7. The Kier molecular flexibility index (Phi) is 22.5. The molecule has 4 rings (SSSR count). The van der Waals surface area contributed by atoms with Crippen molar-refractivity contribution in [1.29, 1.82) is 0 Å². The predicted molar refractivity (Wildman–Crippen MR) is 239 cm³/mol. The molecule has 3 aliphatic carbocycles. The summed E-state index contributed by atoms with van der Waals surface area (Å²) >= 11 is 0. The zero-order chi connectivity index (χ0) is 45.2. The lowest BCUT2D eigenvalue weighted by Crippen LogP contribution is -2.65. The zero-order valence-electron chi connectivity index (χ0n) is 38.6. The first kappa shape index (κ1) is 52.5. The van der Waals surface area contributed by atoms with E-state index in [1.54, 1.807) is 0 Å². The molecule has 16 nitrogen and oxygen atoms in total. The van der Waals surface area contributed by atoms with Gasteiger partial charge >= 0.3 is 7.12 Å². The fourth-order valence-corrected chi connectivity index (χ4v) is 9.33. The molecule has 3 saturated carbocycles. The minimum Gasteiger partial charge on any atom is -0.404 e. The summed E-state index contributed by atoms with van der Waals surface area (Å²) in [6.45, 7) is 16.0. The van der Waals surface area contributed by atoms with Crippen LogP contribution in [0.3, 0.4) is 0 Å². The van der Waals surface area contributed by atoms with E-state index in [-0.39, 0.29) is 23.8 Å². The van der Waals surface area contributed by atoms with Gasteiger partial charge in [0.25, 0.3) is 0 Å². The maximum absolute atomic E-state index is 13.7. The molecule has 0 radical (unpaired) electrons. The zero-order valence-corrected chi connectivity index (χ0v) is 38.6. The van der Waals surface area contributed by atoms with Crippen molar-refractivity contribution in [3.05, 3.63) is 0 Å². The molecule has 4 aliphatic rings. The molecule has 2 bridgehead atoms. The van der Waals surface area contributed by atoms with Gasteiger partial charge in [-0.15, -0.1) is 0 Å². The molecule has 4 fully saturated rings. The summed E-state index contributed by atoms with van der Waals surface area (Å²) in [5.41, 5.74) is 11.2. The molecule has 0 aromatic rings. The van der Waals surface area contributed by atoms with Crippen LogP contribution in [0.25, 0.3) is 0 Å². The van der Waals surface area contributed by atoms with Crippen LogP contribution in [0.4, 0.5) is 0 Å². The quantitative estimate of drug-likeness (QED) is 0.0362. The number of amides is 5. The van der Waals surface area contributed by atoms with E-state index in [1.165, 1.54) is 52.4 Å². The van der Waals surface area contributed by atoms with E-state index in [1.807, 2.05) is 6.92 Å². The minimum atomic E-state index is -1.43. The molecule has 350 valence electrons. The Morgan fingerprint density at radius 1 is 0.705 bits per heavy atom. The molecule has 0 aromatic heterocycles. The van der Waals surface area contributed by atoms with Crippen molar-refractivity contribution < 1.29 is 38.4 Å². The fraction of sp³-hybridized carbons (Fsp3) is 0.886. The van der Waals surface area contributed by atoms with Crippen molar-refractivity contribution in [3.8, 4) is 0 Å². The largest absolute Gasteiger partial charge is 0.481 e. The first-order valence-electron chi connectivity index (χ1n) is 23.6. The maximum Gasteiger partial charge on any atom is 0.481 e. The van der Waals surface area contributed by atoms with Crippen molar-refractivity contribution >= 4 is 36.7 Å². The molecule has 0 aromatic carbocycles. The Morgan fingerprint density at radius 2 is 1.30 bits per heavy atom. The molecule has 17 heteroatoms. The van der Waals surface area contributed by atoms with Gasteiger partial charge in [0, 0.05) is 6.42 Å². The van der Waals surface area contributed by atoms with Crippen LogP contribution in [-0.4, -0.2) is 116 Å². The number of nitrogens with two attached hydrogens (primary N) is 2. The van der Waals surface area contributed by atoms with E-state index in [0.29, 0.717) is 76.4 Å². The highest BCUT2D eigenvalue weighted by atomic mass is 16.7. The van der Waals surface area contributed by atoms with Crippen molar-refractivity contribution in [1.82, 2.24) is 31.9 Å². The normalized spacial score (nSPS) is 24.2. The van der Waals surface area contributed by atoms with Crippen molar-refractivity contribution in [2.45, 2.75) is 206 Å². The topological polar surface area (TPSA) is 248 Å². The van der Waals surface area contributed by atoms with Crippen molar-refractivity contribution in [2.75, 3.05) is 26.2 Å². The molecule has 1 aliphatic heterocycles. The van der Waals surface area contributed by atoms with Gasteiger partial charge in [0.05, 0.1) is 23.8 Å². The molecule has 5 amide bonds. The SMILES string of the molecule is CCCCCCCCCNCCCC(=O)NC(CCCCN)C(=O)NC(C(=O)NC(C)C(=O)NC(CCCCN)C(=O)NC(C)B1OC2CC3CC(C3(C)C)C2(C)O1)C(C)O. The van der Waals surface area contributed by atoms with E-state index in [2.05, 4.69) is 59.6 Å². The number of rotatable bonds is 31. The number of hydrogen-bond donors (Lipinski definition) is 9. The summed E-state index contributed by atoms with van der Waals surface area (Å²) in [6, 6.07) is -4.44. The lowest BCUT2D eigenvalue weighted by atomic mass is 9.43.